The summed E-state index contributed by atoms with van der Waals surface area (Å²) in [6, 6.07) is 20.4. The summed E-state index contributed by atoms with van der Waals surface area (Å²) in [5, 5.41) is 6.80. The van der Waals surface area contributed by atoms with E-state index in [4.69, 9.17) is 4.74 Å². The lowest BCUT2D eigenvalue weighted by atomic mass is 10.1. The molecule has 0 bridgehead atoms. The van der Waals surface area contributed by atoms with Gasteiger partial charge in [-0.3, -0.25) is 0 Å². The fourth-order valence-corrected chi connectivity index (χ4v) is 2.81. The molecule has 1 aromatic heterocycles. The molecule has 5 heteroatoms. The molecule has 0 aliphatic carbocycles. The summed E-state index contributed by atoms with van der Waals surface area (Å²) in [5.74, 6) is 3.17. The number of aromatic nitrogens is 2. The largest absolute Gasteiger partial charge is 0.496 e. The molecule has 1 heterocycles. The minimum absolute atomic E-state index is 0.160. The first-order valence-electron chi connectivity index (χ1n) is 8.68. The third-order valence-corrected chi connectivity index (χ3v) is 4.15. The van der Waals surface area contributed by atoms with Gasteiger partial charge in [0.25, 0.3) is 0 Å². The number of nitrogens with one attached hydrogen (secondary N) is 2. The van der Waals surface area contributed by atoms with Crippen molar-refractivity contribution in [2.24, 2.45) is 0 Å². The van der Waals surface area contributed by atoms with Crippen molar-refractivity contribution in [3.05, 3.63) is 77.6 Å². The Morgan fingerprint density at radius 2 is 1.65 bits per heavy atom. The van der Waals surface area contributed by atoms with Gasteiger partial charge in [0, 0.05) is 24.2 Å². The highest BCUT2D eigenvalue weighted by atomic mass is 16.5. The quantitative estimate of drug-likeness (QED) is 0.654. The molecule has 0 spiro atoms. The van der Waals surface area contributed by atoms with E-state index in [2.05, 4.69) is 39.7 Å². The van der Waals surface area contributed by atoms with Gasteiger partial charge < -0.3 is 15.4 Å². The highest BCUT2D eigenvalue weighted by Crippen LogP contribution is 2.21. The molecule has 5 nitrogen and oxygen atoms in total. The first-order valence-corrected chi connectivity index (χ1v) is 8.68. The van der Waals surface area contributed by atoms with Crippen LogP contribution in [0.4, 0.5) is 11.6 Å². The van der Waals surface area contributed by atoms with Crippen LogP contribution in [0.25, 0.3) is 0 Å². The van der Waals surface area contributed by atoms with Gasteiger partial charge in [-0.05, 0) is 25.5 Å². The van der Waals surface area contributed by atoms with Gasteiger partial charge in [0.05, 0.1) is 7.11 Å². The molecule has 1 unspecified atom stereocenters. The molecule has 0 aliphatic heterocycles. The molecule has 3 aromatic rings. The molecule has 0 radical (unpaired) electrons. The predicted molar refractivity (Wildman–Crippen MR) is 106 cm³/mol. The van der Waals surface area contributed by atoms with E-state index in [1.807, 2.05) is 55.5 Å². The number of ether oxygens (including phenoxy) is 1. The van der Waals surface area contributed by atoms with Crippen molar-refractivity contribution >= 4 is 11.6 Å². The molecule has 26 heavy (non-hydrogen) atoms. The summed E-state index contributed by atoms with van der Waals surface area (Å²) in [6.07, 6.45) is 0. The van der Waals surface area contributed by atoms with Crippen LogP contribution in [-0.4, -0.2) is 17.1 Å². The standard InChI is InChI=1S/C21H24N4O/c1-15(17-9-5-4-6-10-17)23-21-13-20(24-16(2)25-21)22-14-18-11-7-8-12-19(18)26-3/h4-13,15H,14H2,1-3H3,(H2,22,23,24,25). The van der Waals surface area contributed by atoms with Gasteiger partial charge >= 0.3 is 0 Å². The van der Waals surface area contributed by atoms with Crippen LogP contribution in [-0.2, 0) is 6.54 Å². The maximum Gasteiger partial charge on any atom is 0.132 e. The van der Waals surface area contributed by atoms with Crippen molar-refractivity contribution in [2.75, 3.05) is 17.7 Å². The fraction of sp³-hybridized carbons (Fsp3) is 0.238. The Kier molecular flexibility index (Phi) is 5.69. The molecule has 1 atom stereocenters. The zero-order valence-electron chi connectivity index (χ0n) is 15.4. The first-order chi connectivity index (χ1) is 12.7. The highest BCUT2D eigenvalue weighted by molar-refractivity contribution is 5.49. The average molecular weight is 348 g/mol. The molecule has 0 saturated heterocycles. The van der Waals surface area contributed by atoms with E-state index in [0.717, 1.165) is 28.8 Å². The maximum atomic E-state index is 5.40. The molecular weight excluding hydrogens is 324 g/mol. The van der Waals surface area contributed by atoms with Gasteiger partial charge in [-0.1, -0.05) is 48.5 Å². The smallest absolute Gasteiger partial charge is 0.132 e. The Morgan fingerprint density at radius 3 is 2.42 bits per heavy atom. The van der Waals surface area contributed by atoms with Crippen LogP contribution in [0, 0.1) is 6.92 Å². The van der Waals surface area contributed by atoms with E-state index in [9.17, 15) is 0 Å². The fourth-order valence-electron chi connectivity index (χ4n) is 2.81. The lowest BCUT2D eigenvalue weighted by Crippen LogP contribution is -2.10. The summed E-state index contributed by atoms with van der Waals surface area (Å²) in [6.45, 7) is 4.65. The predicted octanol–water partition coefficient (Wildman–Crippen LogP) is 4.58. The minimum Gasteiger partial charge on any atom is -0.496 e. The zero-order chi connectivity index (χ0) is 18.4. The van der Waals surface area contributed by atoms with E-state index in [0.29, 0.717) is 6.54 Å². The monoisotopic (exact) mass is 348 g/mol. The van der Waals surface area contributed by atoms with Gasteiger partial charge in [0.15, 0.2) is 0 Å². The molecule has 0 fully saturated rings. The van der Waals surface area contributed by atoms with E-state index in [1.54, 1.807) is 7.11 Å². The summed E-state index contributed by atoms with van der Waals surface area (Å²) < 4.78 is 5.40. The Bertz CT molecular complexity index is 852. The Labute approximate surface area is 154 Å². The van der Waals surface area contributed by atoms with E-state index < -0.39 is 0 Å². The van der Waals surface area contributed by atoms with Crippen molar-refractivity contribution in [1.82, 2.24) is 9.97 Å². The molecule has 0 amide bonds. The molecule has 0 saturated carbocycles. The van der Waals surface area contributed by atoms with Crippen LogP contribution in [0.3, 0.4) is 0 Å². The topological polar surface area (TPSA) is 59.1 Å². The number of aryl methyl sites for hydroxylation is 1. The molecule has 2 N–H and O–H groups in total. The van der Waals surface area contributed by atoms with E-state index in [1.165, 1.54) is 5.56 Å². The van der Waals surface area contributed by atoms with Gasteiger partial charge in [0.1, 0.15) is 23.2 Å². The van der Waals surface area contributed by atoms with Crippen LogP contribution in [0.1, 0.15) is 29.9 Å². The average Bonchev–Trinajstić information content (AvgIpc) is 2.67. The Hall–Kier alpha value is -3.08. The third-order valence-electron chi connectivity index (χ3n) is 4.15. The summed E-state index contributed by atoms with van der Waals surface area (Å²) in [4.78, 5) is 8.98. The third kappa shape index (κ3) is 4.51. The minimum atomic E-state index is 0.160. The Morgan fingerprint density at radius 1 is 0.962 bits per heavy atom. The van der Waals surface area contributed by atoms with Gasteiger partial charge in [-0.2, -0.15) is 0 Å². The van der Waals surface area contributed by atoms with Crippen molar-refractivity contribution in [2.45, 2.75) is 26.4 Å². The van der Waals surface area contributed by atoms with Crippen molar-refractivity contribution in [1.29, 1.82) is 0 Å². The molecule has 2 aromatic carbocycles. The second-order valence-corrected chi connectivity index (χ2v) is 6.13. The van der Waals surface area contributed by atoms with Gasteiger partial charge in [0.2, 0.25) is 0 Å². The molecule has 0 aliphatic rings. The number of methoxy groups -OCH3 is 1. The lowest BCUT2D eigenvalue weighted by molar-refractivity contribution is 0.410. The second-order valence-electron chi connectivity index (χ2n) is 6.13. The summed E-state index contributed by atoms with van der Waals surface area (Å²) in [5.41, 5.74) is 2.30. The number of hydrogen-bond acceptors (Lipinski definition) is 5. The molecular formula is C21H24N4O. The van der Waals surface area contributed by atoms with Crippen LogP contribution < -0.4 is 15.4 Å². The number of nitrogens with zero attached hydrogens (tertiary/aromatic N) is 2. The maximum absolute atomic E-state index is 5.40. The number of anilines is 2. The molecule has 3 rings (SSSR count). The summed E-state index contributed by atoms with van der Waals surface area (Å²) >= 11 is 0. The van der Waals surface area contributed by atoms with E-state index in [-0.39, 0.29) is 6.04 Å². The molecule has 134 valence electrons. The number of hydrogen-bond donors (Lipinski definition) is 2. The van der Waals surface area contributed by atoms with Gasteiger partial charge in [-0.15, -0.1) is 0 Å². The van der Waals surface area contributed by atoms with Gasteiger partial charge in [-0.25, -0.2) is 9.97 Å². The second kappa shape index (κ2) is 8.34. The van der Waals surface area contributed by atoms with Crippen LogP contribution in [0.2, 0.25) is 0 Å². The van der Waals surface area contributed by atoms with E-state index >= 15 is 0 Å². The van der Waals surface area contributed by atoms with Crippen molar-refractivity contribution in [3.8, 4) is 5.75 Å². The van der Waals surface area contributed by atoms with Crippen molar-refractivity contribution < 1.29 is 4.74 Å². The van der Waals surface area contributed by atoms with Crippen LogP contribution >= 0.6 is 0 Å². The highest BCUT2D eigenvalue weighted by Gasteiger charge is 2.08. The number of rotatable bonds is 7. The summed E-state index contributed by atoms with van der Waals surface area (Å²) in [7, 11) is 1.68. The SMILES string of the molecule is COc1ccccc1CNc1cc(NC(C)c2ccccc2)nc(C)n1. The normalized spacial score (nSPS) is 11.7. The van der Waals surface area contributed by atoms with Crippen LogP contribution in [0.15, 0.2) is 60.7 Å². The Balaban J connectivity index is 1.71. The number of benzene rings is 2. The zero-order valence-corrected chi connectivity index (χ0v) is 15.4. The first kappa shape index (κ1) is 17.7. The van der Waals surface area contributed by atoms with Crippen LogP contribution in [0.5, 0.6) is 5.75 Å². The lowest BCUT2D eigenvalue weighted by Gasteiger charge is -2.16. The number of para-hydroxylation sites is 1. The van der Waals surface area contributed by atoms with Crippen molar-refractivity contribution in [3.63, 3.8) is 0 Å².